The lowest BCUT2D eigenvalue weighted by molar-refractivity contribution is 0.414. The van der Waals surface area contributed by atoms with Crippen LogP contribution < -0.4 is 9.64 Å². The fourth-order valence-electron chi connectivity index (χ4n) is 2.76. The number of aryl methyl sites for hydroxylation is 2. The molecule has 2 heterocycles. The first-order chi connectivity index (χ1) is 10.3. The normalized spacial score (nSPS) is 13.4. The van der Waals surface area contributed by atoms with Crippen molar-refractivity contribution in [2.75, 3.05) is 18.6 Å². The molecule has 1 aromatic carbocycles. The Labute approximate surface area is 125 Å². The van der Waals surface area contributed by atoms with Crippen LogP contribution in [0.15, 0.2) is 18.2 Å². The molecule has 3 rings (SSSR count). The van der Waals surface area contributed by atoms with Crippen molar-refractivity contribution in [1.29, 1.82) is 0 Å². The van der Waals surface area contributed by atoms with Crippen molar-refractivity contribution in [3.8, 4) is 5.75 Å². The summed E-state index contributed by atoms with van der Waals surface area (Å²) in [7, 11) is 1.69. The zero-order chi connectivity index (χ0) is 14.8. The highest BCUT2D eigenvalue weighted by Crippen LogP contribution is 2.34. The Kier molecular flexibility index (Phi) is 3.73. The largest absolute Gasteiger partial charge is 0.497 e. The molecule has 1 aliphatic rings. The second kappa shape index (κ2) is 5.68. The number of hydrogen-bond acceptors (Lipinski definition) is 5. The van der Waals surface area contributed by atoms with Gasteiger partial charge in [-0.05, 0) is 43.0 Å². The number of rotatable bonds is 4. The first-order valence-electron chi connectivity index (χ1n) is 7.43. The van der Waals surface area contributed by atoms with Crippen LogP contribution >= 0.6 is 0 Å². The SMILES string of the molecule is CCc1nnc(N2CCc3cc(OC)ccc32)nc1CC. The molecule has 0 radical (unpaired) electrons. The summed E-state index contributed by atoms with van der Waals surface area (Å²) in [6.07, 6.45) is 2.74. The van der Waals surface area contributed by atoms with Crippen molar-refractivity contribution in [2.24, 2.45) is 0 Å². The van der Waals surface area contributed by atoms with Crippen molar-refractivity contribution in [2.45, 2.75) is 33.1 Å². The number of anilines is 2. The molecular weight excluding hydrogens is 264 g/mol. The molecule has 0 saturated heterocycles. The smallest absolute Gasteiger partial charge is 0.250 e. The Morgan fingerprint density at radius 2 is 1.95 bits per heavy atom. The van der Waals surface area contributed by atoms with E-state index in [1.807, 2.05) is 6.07 Å². The van der Waals surface area contributed by atoms with Gasteiger partial charge in [0.15, 0.2) is 0 Å². The number of hydrogen-bond donors (Lipinski definition) is 0. The van der Waals surface area contributed by atoms with Gasteiger partial charge in [-0.1, -0.05) is 13.8 Å². The second-order valence-electron chi connectivity index (χ2n) is 5.11. The number of methoxy groups -OCH3 is 1. The van der Waals surface area contributed by atoms with Crippen LogP contribution in [0.5, 0.6) is 5.75 Å². The highest BCUT2D eigenvalue weighted by molar-refractivity contribution is 5.66. The lowest BCUT2D eigenvalue weighted by Crippen LogP contribution is -2.18. The quantitative estimate of drug-likeness (QED) is 0.864. The molecular formula is C16H20N4O. The van der Waals surface area contributed by atoms with Crippen LogP contribution in [0.1, 0.15) is 30.8 Å². The Bertz CT molecular complexity index is 657. The molecule has 2 aromatic rings. The topological polar surface area (TPSA) is 51.1 Å². The van der Waals surface area contributed by atoms with E-state index in [2.05, 4.69) is 41.1 Å². The third-order valence-corrected chi connectivity index (χ3v) is 3.92. The van der Waals surface area contributed by atoms with E-state index in [0.29, 0.717) is 5.95 Å². The standard InChI is InChI=1S/C16H20N4O/c1-4-13-14(5-2)18-19-16(17-13)20-9-8-11-10-12(21-3)6-7-15(11)20/h6-7,10H,4-5,8-9H2,1-3H3. The summed E-state index contributed by atoms with van der Waals surface area (Å²) in [4.78, 5) is 6.85. The molecule has 5 nitrogen and oxygen atoms in total. The fraction of sp³-hybridized carbons (Fsp3) is 0.438. The van der Waals surface area contributed by atoms with Crippen LogP contribution in [0.2, 0.25) is 0 Å². The average molecular weight is 284 g/mol. The monoisotopic (exact) mass is 284 g/mol. The molecule has 5 heteroatoms. The van der Waals surface area contributed by atoms with Gasteiger partial charge in [0.2, 0.25) is 5.95 Å². The molecule has 0 aliphatic carbocycles. The van der Waals surface area contributed by atoms with Gasteiger partial charge in [0.25, 0.3) is 0 Å². The van der Waals surface area contributed by atoms with Crippen molar-refractivity contribution in [3.05, 3.63) is 35.2 Å². The van der Waals surface area contributed by atoms with Crippen molar-refractivity contribution < 1.29 is 4.74 Å². The maximum atomic E-state index is 5.29. The summed E-state index contributed by atoms with van der Waals surface area (Å²) < 4.78 is 5.29. The van der Waals surface area contributed by atoms with Gasteiger partial charge < -0.3 is 9.64 Å². The van der Waals surface area contributed by atoms with E-state index in [4.69, 9.17) is 9.72 Å². The van der Waals surface area contributed by atoms with Gasteiger partial charge in [-0.15, -0.1) is 10.2 Å². The molecule has 0 bridgehead atoms. The maximum Gasteiger partial charge on any atom is 0.250 e. The molecule has 1 aromatic heterocycles. The Balaban J connectivity index is 1.97. The molecule has 1 aliphatic heterocycles. The van der Waals surface area contributed by atoms with Crippen LogP contribution in [0.4, 0.5) is 11.6 Å². The van der Waals surface area contributed by atoms with Crippen LogP contribution in [0, 0.1) is 0 Å². The summed E-state index contributed by atoms with van der Waals surface area (Å²) in [5.74, 6) is 1.60. The Hall–Kier alpha value is -2.17. The van der Waals surface area contributed by atoms with Crippen LogP contribution in [-0.4, -0.2) is 28.8 Å². The number of aromatic nitrogens is 3. The predicted octanol–water partition coefficient (Wildman–Crippen LogP) is 2.70. The van der Waals surface area contributed by atoms with E-state index < -0.39 is 0 Å². The Morgan fingerprint density at radius 3 is 2.67 bits per heavy atom. The molecule has 110 valence electrons. The minimum atomic E-state index is 0.702. The van der Waals surface area contributed by atoms with Crippen molar-refractivity contribution in [3.63, 3.8) is 0 Å². The van der Waals surface area contributed by atoms with Gasteiger partial charge in [0, 0.05) is 12.2 Å². The molecule has 0 fully saturated rings. The Morgan fingerprint density at radius 1 is 1.14 bits per heavy atom. The van der Waals surface area contributed by atoms with E-state index in [1.54, 1.807) is 7.11 Å². The minimum Gasteiger partial charge on any atom is -0.497 e. The summed E-state index contributed by atoms with van der Waals surface area (Å²) in [5.41, 5.74) is 4.47. The zero-order valence-electron chi connectivity index (χ0n) is 12.8. The maximum absolute atomic E-state index is 5.29. The van der Waals surface area contributed by atoms with Crippen molar-refractivity contribution in [1.82, 2.24) is 15.2 Å². The summed E-state index contributed by atoms with van der Waals surface area (Å²) in [5, 5.41) is 8.66. The molecule has 0 N–H and O–H groups in total. The van der Waals surface area contributed by atoms with Crippen LogP contribution in [0.3, 0.4) is 0 Å². The fourth-order valence-corrected chi connectivity index (χ4v) is 2.76. The molecule has 0 saturated carbocycles. The molecule has 0 unspecified atom stereocenters. The van der Waals surface area contributed by atoms with E-state index in [0.717, 1.165) is 48.6 Å². The van der Waals surface area contributed by atoms with Crippen LogP contribution in [-0.2, 0) is 19.3 Å². The van der Waals surface area contributed by atoms with E-state index in [-0.39, 0.29) is 0 Å². The van der Waals surface area contributed by atoms with Gasteiger partial charge in [0.05, 0.1) is 18.5 Å². The summed E-state index contributed by atoms with van der Waals surface area (Å²) >= 11 is 0. The number of benzene rings is 1. The average Bonchev–Trinajstić information content (AvgIpc) is 2.97. The third kappa shape index (κ3) is 2.44. The third-order valence-electron chi connectivity index (χ3n) is 3.92. The van der Waals surface area contributed by atoms with Crippen LogP contribution in [0.25, 0.3) is 0 Å². The number of ether oxygens (including phenoxy) is 1. The second-order valence-corrected chi connectivity index (χ2v) is 5.11. The lowest BCUT2D eigenvalue weighted by atomic mass is 10.1. The van der Waals surface area contributed by atoms with Crippen molar-refractivity contribution >= 4 is 11.6 Å². The first kappa shape index (κ1) is 13.8. The highest BCUT2D eigenvalue weighted by Gasteiger charge is 2.23. The van der Waals surface area contributed by atoms with Gasteiger partial charge in [-0.2, -0.15) is 0 Å². The molecule has 0 amide bonds. The predicted molar refractivity (Wildman–Crippen MR) is 82.3 cm³/mol. The number of fused-ring (bicyclic) bond motifs is 1. The number of nitrogens with zero attached hydrogens (tertiary/aromatic N) is 4. The minimum absolute atomic E-state index is 0.702. The van der Waals surface area contributed by atoms with Gasteiger partial charge in [0.1, 0.15) is 5.75 Å². The summed E-state index contributed by atoms with van der Waals surface area (Å²) in [6.45, 7) is 5.08. The van der Waals surface area contributed by atoms with Gasteiger partial charge in [-0.25, -0.2) is 4.98 Å². The summed E-state index contributed by atoms with van der Waals surface area (Å²) in [6, 6.07) is 6.14. The molecule has 0 spiro atoms. The molecule has 21 heavy (non-hydrogen) atoms. The highest BCUT2D eigenvalue weighted by atomic mass is 16.5. The zero-order valence-corrected chi connectivity index (χ0v) is 12.8. The van der Waals surface area contributed by atoms with E-state index >= 15 is 0 Å². The van der Waals surface area contributed by atoms with Gasteiger partial charge in [-0.3, -0.25) is 0 Å². The van der Waals surface area contributed by atoms with E-state index in [9.17, 15) is 0 Å². The first-order valence-corrected chi connectivity index (χ1v) is 7.43. The van der Waals surface area contributed by atoms with Gasteiger partial charge >= 0.3 is 0 Å². The van der Waals surface area contributed by atoms with E-state index in [1.165, 1.54) is 5.56 Å². The lowest BCUT2D eigenvalue weighted by Gasteiger charge is -2.18. The molecule has 0 atom stereocenters.